The number of ketones is 1. The van der Waals surface area contributed by atoms with Crippen molar-refractivity contribution in [3.05, 3.63) is 75.8 Å². The highest BCUT2D eigenvalue weighted by molar-refractivity contribution is 5.97. The molecule has 7 heteroatoms. The maximum Gasteiger partial charge on any atom is 0.306 e. The molecular formula is C25H28N2O5. The standard InChI is InChI=1S/C25H28N2O5/c1-3-4-5-14-31-21-9-7-19(8-10-21)22(28)11-13-25(30)32-17-20-15-24(29)27-16-18(2)6-12-23(27)26-20/h6-10,12,15-16H,3-5,11,13-14,17H2,1-2H3. The second-order valence-corrected chi connectivity index (χ2v) is 7.68. The summed E-state index contributed by atoms with van der Waals surface area (Å²) >= 11 is 0. The van der Waals surface area contributed by atoms with Crippen molar-refractivity contribution in [1.82, 2.24) is 9.38 Å². The van der Waals surface area contributed by atoms with Gasteiger partial charge in [-0.05, 0) is 49.2 Å². The van der Waals surface area contributed by atoms with Gasteiger partial charge in [0.2, 0.25) is 0 Å². The predicted molar refractivity (Wildman–Crippen MR) is 121 cm³/mol. The van der Waals surface area contributed by atoms with E-state index in [1.807, 2.05) is 13.0 Å². The van der Waals surface area contributed by atoms with Gasteiger partial charge in [0.15, 0.2) is 5.78 Å². The van der Waals surface area contributed by atoms with Gasteiger partial charge in [-0.25, -0.2) is 4.98 Å². The first-order chi connectivity index (χ1) is 15.5. The second kappa shape index (κ2) is 11.2. The van der Waals surface area contributed by atoms with Gasteiger partial charge in [-0.2, -0.15) is 0 Å². The van der Waals surface area contributed by atoms with Crippen molar-refractivity contribution in [2.24, 2.45) is 0 Å². The Labute approximate surface area is 187 Å². The lowest BCUT2D eigenvalue weighted by Crippen LogP contribution is -2.17. The molecular weight excluding hydrogens is 408 g/mol. The third-order valence-corrected chi connectivity index (χ3v) is 4.99. The first-order valence-electron chi connectivity index (χ1n) is 10.9. The van der Waals surface area contributed by atoms with Crippen molar-refractivity contribution in [2.75, 3.05) is 6.61 Å². The molecule has 0 amide bonds. The Morgan fingerprint density at radius 2 is 1.81 bits per heavy atom. The average Bonchev–Trinajstić information content (AvgIpc) is 2.80. The van der Waals surface area contributed by atoms with Crippen LogP contribution in [-0.4, -0.2) is 27.7 Å². The number of Topliss-reactive ketones (excluding diaryl/α,β-unsaturated/α-hetero) is 1. The molecule has 0 atom stereocenters. The van der Waals surface area contributed by atoms with Gasteiger partial charge in [0, 0.05) is 24.2 Å². The SMILES string of the molecule is CCCCCOc1ccc(C(=O)CCC(=O)OCc2cc(=O)n3cc(C)ccc3n2)cc1. The first-order valence-corrected chi connectivity index (χ1v) is 10.9. The Hall–Kier alpha value is -3.48. The fourth-order valence-corrected chi connectivity index (χ4v) is 3.20. The van der Waals surface area contributed by atoms with Crippen molar-refractivity contribution in [3.63, 3.8) is 0 Å². The number of esters is 1. The van der Waals surface area contributed by atoms with E-state index in [9.17, 15) is 14.4 Å². The van der Waals surface area contributed by atoms with Gasteiger partial charge in [-0.15, -0.1) is 0 Å². The molecule has 3 aromatic rings. The summed E-state index contributed by atoms with van der Waals surface area (Å²) in [5, 5.41) is 0. The topological polar surface area (TPSA) is 87.0 Å². The lowest BCUT2D eigenvalue weighted by molar-refractivity contribution is -0.145. The first kappa shape index (κ1) is 23.2. The maximum absolute atomic E-state index is 12.3. The summed E-state index contributed by atoms with van der Waals surface area (Å²) in [4.78, 5) is 41.0. The third-order valence-electron chi connectivity index (χ3n) is 4.99. The summed E-state index contributed by atoms with van der Waals surface area (Å²) in [6.07, 6.45) is 4.97. The summed E-state index contributed by atoms with van der Waals surface area (Å²) in [5.74, 6) is 0.0723. The number of carbonyl (C=O) groups is 2. The number of rotatable bonds is 11. The molecule has 0 N–H and O–H groups in total. The highest BCUT2D eigenvalue weighted by atomic mass is 16.5. The molecule has 0 spiro atoms. The Kier molecular flexibility index (Phi) is 8.14. The van der Waals surface area contributed by atoms with Crippen molar-refractivity contribution >= 4 is 17.4 Å². The van der Waals surface area contributed by atoms with Crippen LogP contribution in [0.25, 0.3) is 5.65 Å². The van der Waals surface area contributed by atoms with Crippen LogP contribution in [0.3, 0.4) is 0 Å². The molecule has 168 valence electrons. The average molecular weight is 437 g/mol. The molecule has 0 unspecified atom stereocenters. The molecule has 2 heterocycles. The summed E-state index contributed by atoms with van der Waals surface area (Å²) < 4.78 is 12.3. The van der Waals surface area contributed by atoms with Crippen molar-refractivity contribution < 1.29 is 19.1 Å². The quantitative estimate of drug-likeness (QED) is 0.253. The Morgan fingerprint density at radius 1 is 1.03 bits per heavy atom. The lowest BCUT2D eigenvalue weighted by Gasteiger charge is -2.07. The normalized spacial score (nSPS) is 10.8. The fraction of sp³-hybridized carbons (Fsp3) is 0.360. The van der Waals surface area contributed by atoms with Crippen LogP contribution in [0.5, 0.6) is 5.75 Å². The number of aryl methyl sites for hydroxylation is 1. The fourth-order valence-electron chi connectivity index (χ4n) is 3.20. The van der Waals surface area contributed by atoms with Gasteiger partial charge in [-0.3, -0.25) is 18.8 Å². The number of benzene rings is 1. The van der Waals surface area contributed by atoms with Crippen LogP contribution in [0.4, 0.5) is 0 Å². The third kappa shape index (κ3) is 6.51. The number of nitrogens with zero attached hydrogens (tertiary/aromatic N) is 2. The van der Waals surface area contributed by atoms with Gasteiger partial charge in [-0.1, -0.05) is 25.8 Å². The van der Waals surface area contributed by atoms with E-state index < -0.39 is 5.97 Å². The van der Waals surface area contributed by atoms with Crippen LogP contribution in [0, 0.1) is 6.92 Å². The van der Waals surface area contributed by atoms with E-state index in [0.29, 0.717) is 23.5 Å². The van der Waals surface area contributed by atoms with Gasteiger partial charge in [0.1, 0.15) is 18.0 Å². The Morgan fingerprint density at radius 3 is 2.56 bits per heavy atom. The van der Waals surface area contributed by atoms with Crippen LogP contribution in [0.2, 0.25) is 0 Å². The van der Waals surface area contributed by atoms with E-state index >= 15 is 0 Å². The van der Waals surface area contributed by atoms with Crippen LogP contribution >= 0.6 is 0 Å². The van der Waals surface area contributed by atoms with E-state index in [1.54, 1.807) is 36.5 Å². The number of hydrogen-bond donors (Lipinski definition) is 0. The molecule has 3 rings (SSSR count). The van der Waals surface area contributed by atoms with Crippen molar-refractivity contribution in [2.45, 2.75) is 52.6 Å². The number of carbonyl (C=O) groups excluding carboxylic acids is 2. The number of aromatic nitrogens is 2. The van der Waals surface area contributed by atoms with Crippen LogP contribution < -0.4 is 10.3 Å². The van der Waals surface area contributed by atoms with Crippen molar-refractivity contribution in [1.29, 1.82) is 0 Å². The van der Waals surface area contributed by atoms with E-state index in [4.69, 9.17) is 9.47 Å². The molecule has 0 fully saturated rings. The van der Waals surface area contributed by atoms with Crippen LogP contribution in [-0.2, 0) is 16.1 Å². The molecule has 0 aliphatic heterocycles. The molecule has 0 radical (unpaired) electrons. The van der Waals surface area contributed by atoms with Gasteiger partial charge < -0.3 is 9.47 Å². The Balaban J connectivity index is 1.46. The van der Waals surface area contributed by atoms with E-state index in [2.05, 4.69) is 11.9 Å². The van der Waals surface area contributed by atoms with Crippen molar-refractivity contribution in [3.8, 4) is 5.75 Å². The molecule has 0 saturated carbocycles. The molecule has 1 aromatic carbocycles. The summed E-state index contributed by atoms with van der Waals surface area (Å²) in [6, 6.07) is 11.9. The monoisotopic (exact) mass is 436 g/mol. The number of unbranched alkanes of at least 4 members (excludes halogenated alkanes) is 2. The minimum absolute atomic E-state index is 0.0418. The number of fused-ring (bicyclic) bond motifs is 1. The van der Waals surface area contributed by atoms with E-state index in [1.165, 1.54) is 10.5 Å². The maximum atomic E-state index is 12.3. The summed E-state index contributed by atoms with van der Waals surface area (Å²) in [7, 11) is 0. The summed E-state index contributed by atoms with van der Waals surface area (Å²) in [6.45, 7) is 4.57. The van der Waals surface area contributed by atoms with Crippen LogP contribution in [0.1, 0.15) is 60.6 Å². The zero-order valence-corrected chi connectivity index (χ0v) is 18.5. The molecule has 0 saturated heterocycles. The zero-order valence-electron chi connectivity index (χ0n) is 18.5. The molecule has 7 nitrogen and oxygen atoms in total. The minimum Gasteiger partial charge on any atom is -0.494 e. The van der Waals surface area contributed by atoms with Crippen LogP contribution in [0.15, 0.2) is 53.5 Å². The summed E-state index contributed by atoms with van der Waals surface area (Å²) in [5.41, 5.74) is 2.09. The Bertz CT molecular complexity index is 1140. The van der Waals surface area contributed by atoms with Gasteiger partial charge in [0.05, 0.1) is 18.7 Å². The van der Waals surface area contributed by atoms with Gasteiger partial charge >= 0.3 is 5.97 Å². The number of hydrogen-bond acceptors (Lipinski definition) is 6. The molecule has 0 aliphatic rings. The molecule has 0 aliphatic carbocycles. The zero-order chi connectivity index (χ0) is 22.9. The van der Waals surface area contributed by atoms with Gasteiger partial charge in [0.25, 0.3) is 5.56 Å². The number of pyridine rings is 1. The lowest BCUT2D eigenvalue weighted by atomic mass is 10.1. The predicted octanol–water partition coefficient (Wildman–Crippen LogP) is 4.28. The number of ether oxygens (including phenoxy) is 2. The molecule has 0 bridgehead atoms. The van der Waals surface area contributed by atoms with E-state index in [0.717, 1.165) is 30.6 Å². The van der Waals surface area contributed by atoms with E-state index in [-0.39, 0.29) is 30.8 Å². The highest BCUT2D eigenvalue weighted by Gasteiger charge is 2.12. The second-order valence-electron chi connectivity index (χ2n) is 7.68. The largest absolute Gasteiger partial charge is 0.494 e. The minimum atomic E-state index is -0.514. The highest BCUT2D eigenvalue weighted by Crippen LogP contribution is 2.15. The molecule has 32 heavy (non-hydrogen) atoms. The molecule has 2 aromatic heterocycles. The smallest absolute Gasteiger partial charge is 0.306 e.